The number of ether oxygens (including phenoxy) is 1. The second kappa shape index (κ2) is 7.28. The van der Waals surface area contributed by atoms with Gasteiger partial charge < -0.3 is 25.9 Å². The van der Waals surface area contributed by atoms with Crippen molar-refractivity contribution in [3.05, 3.63) is 29.3 Å². The molecule has 4 N–H and O–H groups in total. The fourth-order valence-electron chi connectivity index (χ4n) is 2.74. The maximum absolute atomic E-state index is 8.76. The van der Waals surface area contributed by atoms with Crippen LogP contribution >= 0.6 is 0 Å². The number of hydrogen-bond acceptors (Lipinski definition) is 5. The smallest absolute Gasteiger partial charge is 0.170 e. The van der Waals surface area contributed by atoms with Crippen molar-refractivity contribution in [3.63, 3.8) is 0 Å². The van der Waals surface area contributed by atoms with Gasteiger partial charge in [0.2, 0.25) is 0 Å². The Balaban J connectivity index is 2.00. The lowest BCUT2D eigenvalue weighted by Crippen LogP contribution is -2.35. The van der Waals surface area contributed by atoms with Crippen molar-refractivity contribution in [2.45, 2.75) is 25.4 Å². The average Bonchev–Trinajstić information content (AvgIpc) is 2.91. The van der Waals surface area contributed by atoms with Crippen molar-refractivity contribution in [2.75, 3.05) is 27.2 Å². The van der Waals surface area contributed by atoms with Crippen LogP contribution in [0.5, 0.6) is 5.75 Å². The molecule has 1 aliphatic heterocycles. The summed E-state index contributed by atoms with van der Waals surface area (Å²) in [6, 6.07) is 6.11. The first-order valence-electron chi connectivity index (χ1n) is 7.21. The van der Waals surface area contributed by atoms with Crippen molar-refractivity contribution in [2.24, 2.45) is 10.9 Å². The molecule has 1 heterocycles. The minimum absolute atomic E-state index is 0.106. The maximum Gasteiger partial charge on any atom is 0.170 e. The molecule has 0 bridgehead atoms. The third-order valence-corrected chi connectivity index (χ3v) is 4.05. The Bertz CT molecular complexity index is 504. The molecule has 1 unspecified atom stereocenters. The summed E-state index contributed by atoms with van der Waals surface area (Å²) in [6.07, 6.45) is 2.51. The highest BCUT2D eigenvalue weighted by Crippen LogP contribution is 2.20. The van der Waals surface area contributed by atoms with Gasteiger partial charge in [-0.05, 0) is 44.6 Å². The molecular formula is C15H24N4O2. The van der Waals surface area contributed by atoms with Gasteiger partial charge in [-0.1, -0.05) is 5.16 Å². The Morgan fingerprint density at radius 3 is 3.00 bits per heavy atom. The molecule has 6 nitrogen and oxygen atoms in total. The summed E-state index contributed by atoms with van der Waals surface area (Å²) in [4.78, 5) is 2.39. The molecule has 1 aromatic carbocycles. The van der Waals surface area contributed by atoms with Gasteiger partial charge in [0.15, 0.2) is 5.84 Å². The van der Waals surface area contributed by atoms with Gasteiger partial charge in [-0.25, -0.2) is 0 Å². The molecule has 0 saturated carbocycles. The van der Waals surface area contributed by atoms with Gasteiger partial charge >= 0.3 is 0 Å². The SMILES string of the molecule is COc1ccc(/C(N)=N/O)cc1CNCC1CCCN1C. The van der Waals surface area contributed by atoms with E-state index >= 15 is 0 Å². The van der Waals surface area contributed by atoms with E-state index in [-0.39, 0.29) is 5.84 Å². The van der Waals surface area contributed by atoms with Crippen molar-refractivity contribution < 1.29 is 9.94 Å². The second-order valence-corrected chi connectivity index (χ2v) is 5.42. The van der Waals surface area contributed by atoms with Crippen LogP contribution in [0.4, 0.5) is 0 Å². The van der Waals surface area contributed by atoms with Crippen LogP contribution in [-0.2, 0) is 6.54 Å². The third-order valence-electron chi connectivity index (χ3n) is 4.05. The standard InChI is InChI=1S/C15H24N4O2/c1-19-7-3-4-13(19)10-17-9-12-8-11(15(16)18-20)5-6-14(12)21-2/h5-6,8,13,17,20H,3-4,7,9-10H2,1-2H3,(H2,16,18). The highest BCUT2D eigenvalue weighted by molar-refractivity contribution is 5.97. The van der Waals surface area contributed by atoms with Crippen molar-refractivity contribution in [1.29, 1.82) is 0 Å². The van der Waals surface area contributed by atoms with Crippen LogP contribution in [0.15, 0.2) is 23.4 Å². The van der Waals surface area contributed by atoms with E-state index < -0.39 is 0 Å². The lowest BCUT2D eigenvalue weighted by atomic mass is 10.1. The molecule has 6 heteroatoms. The Labute approximate surface area is 125 Å². The monoisotopic (exact) mass is 292 g/mol. The summed E-state index contributed by atoms with van der Waals surface area (Å²) in [5.74, 6) is 0.909. The number of amidine groups is 1. The van der Waals surface area contributed by atoms with E-state index in [1.54, 1.807) is 13.2 Å². The zero-order valence-electron chi connectivity index (χ0n) is 12.7. The summed E-state index contributed by atoms with van der Waals surface area (Å²) in [5, 5.41) is 15.3. The molecule has 116 valence electrons. The average molecular weight is 292 g/mol. The predicted molar refractivity (Wildman–Crippen MR) is 82.9 cm³/mol. The zero-order valence-corrected chi connectivity index (χ0v) is 12.7. The second-order valence-electron chi connectivity index (χ2n) is 5.42. The number of oxime groups is 1. The molecule has 1 saturated heterocycles. The van der Waals surface area contributed by atoms with Gasteiger partial charge in [-0.15, -0.1) is 0 Å². The normalized spacial score (nSPS) is 19.9. The summed E-state index contributed by atoms with van der Waals surface area (Å²) >= 11 is 0. The number of rotatable bonds is 6. The van der Waals surface area contributed by atoms with E-state index in [1.807, 2.05) is 12.1 Å². The first kappa shape index (κ1) is 15.6. The molecule has 1 fully saturated rings. The summed E-state index contributed by atoms with van der Waals surface area (Å²) < 4.78 is 5.36. The molecule has 1 atom stereocenters. The highest BCUT2D eigenvalue weighted by atomic mass is 16.5. The van der Waals surface area contributed by atoms with E-state index in [0.29, 0.717) is 18.2 Å². The number of methoxy groups -OCH3 is 1. The van der Waals surface area contributed by atoms with Crippen molar-refractivity contribution in [3.8, 4) is 5.75 Å². The minimum atomic E-state index is 0.106. The topological polar surface area (TPSA) is 83.1 Å². The molecule has 0 aliphatic carbocycles. The summed E-state index contributed by atoms with van der Waals surface area (Å²) in [6.45, 7) is 2.82. The fourth-order valence-corrected chi connectivity index (χ4v) is 2.74. The largest absolute Gasteiger partial charge is 0.496 e. The Kier molecular flexibility index (Phi) is 5.41. The minimum Gasteiger partial charge on any atom is -0.496 e. The quantitative estimate of drug-likeness (QED) is 0.315. The Morgan fingerprint density at radius 2 is 2.38 bits per heavy atom. The molecular weight excluding hydrogens is 268 g/mol. The summed E-state index contributed by atoms with van der Waals surface area (Å²) in [5.41, 5.74) is 7.32. The van der Waals surface area contributed by atoms with Gasteiger partial charge in [0.1, 0.15) is 5.75 Å². The van der Waals surface area contributed by atoms with Crippen LogP contribution < -0.4 is 15.8 Å². The highest BCUT2D eigenvalue weighted by Gasteiger charge is 2.20. The van der Waals surface area contributed by atoms with E-state index in [2.05, 4.69) is 22.4 Å². The number of nitrogens with two attached hydrogens (primary N) is 1. The van der Waals surface area contributed by atoms with Crippen molar-refractivity contribution in [1.82, 2.24) is 10.2 Å². The van der Waals surface area contributed by atoms with Gasteiger partial charge in [0.05, 0.1) is 7.11 Å². The van der Waals surface area contributed by atoms with Crippen LogP contribution in [0.3, 0.4) is 0 Å². The maximum atomic E-state index is 8.76. The number of benzene rings is 1. The molecule has 1 aromatic rings. The molecule has 21 heavy (non-hydrogen) atoms. The fraction of sp³-hybridized carbons (Fsp3) is 0.533. The third kappa shape index (κ3) is 3.86. The number of hydrogen-bond donors (Lipinski definition) is 3. The Hall–Kier alpha value is -1.79. The summed E-state index contributed by atoms with van der Waals surface area (Å²) in [7, 11) is 3.81. The first-order chi connectivity index (χ1) is 10.2. The van der Waals surface area contributed by atoms with E-state index in [1.165, 1.54) is 19.4 Å². The van der Waals surface area contributed by atoms with Crippen LogP contribution in [0.1, 0.15) is 24.0 Å². The number of likely N-dealkylation sites (N-methyl/N-ethyl adjacent to an activating group) is 1. The van der Waals surface area contributed by atoms with E-state index in [9.17, 15) is 0 Å². The molecule has 0 aromatic heterocycles. The molecule has 0 radical (unpaired) electrons. The molecule has 1 aliphatic rings. The number of nitrogens with zero attached hydrogens (tertiary/aromatic N) is 2. The van der Waals surface area contributed by atoms with Crippen LogP contribution in [0.2, 0.25) is 0 Å². The molecule has 0 amide bonds. The van der Waals surface area contributed by atoms with Crippen LogP contribution in [0, 0.1) is 0 Å². The molecule has 2 rings (SSSR count). The van der Waals surface area contributed by atoms with Gasteiger partial charge in [-0.3, -0.25) is 0 Å². The van der Waals surface area contributed by atoms with Crippen molar-refractivity contribution >= 4 is 5.84 Å². The van der Waals surface area contributed by atoms with Gasteiger partial charge in [0.25, 0.3) is 0 Å². The predicted octanol–water partition coefficient (Wildman–Crippen LogP) is 0.974. The lowest BCUT2D eigenvalue weighted by Gasteiger charge is -2.20. The van der Waals surface area contributed by atoms with Crippen LogP contribution in [-0.4, -0.2) is 49.2 Å². The number of likely N-dealkylation sites (tertiary alicyclic amines) is 1. The van der Waals surface area contributed by atoms with E-state index in [0.717, 1.165) is 17.9 Å². The number of nitrogens with one attached hydrogen (secondary N) is 1. The van der Waals surface area contributed by atoms with Gasteiger partial charge in [-0.2, -0.15) is 0 Å². The first-order valence-corrected chi connectivity index (χ1v) is 7.21. The van der Waals surface area contributed by atoms with Crippen LogP contribution in [0.25, 0.3) is 0 Å². The molecule has 0 spiro atoms. The Morgan fingerprint density at radius 1 is 1.57 bits per heavy atom. The van der Waals surface area contributed by atoms with Gasteiger partial charge in [0, 0.05) is 30.3 Å². The van der Waals surface area contributed by atoms with E-state index in [4.69, 9.17) is 15.7 Å². The lowest BCUT2D eigenvalue weighted by molar-refractivity contribution is 0.299. The zero-order chi connectivity index (χ0) is 15.2.